The molecule has 1 heterocycles. The van der Waals surface area contributed by atoms with Crippen LogP contribution in [0.2, 0.25) is 5.02 Å². The summed E-state index contributed by atoms with van der Waals surface area (Å²) < 4.78 is 1.13. The first kappa shape index (κ1) is 16.7. The third-order valence-corrected chi connectivity index (χ3v) is 5.00. The molecule has 0 fully saturated rings. The van der Waals surface area contributed by atoms with Crippen molar-refractivity contribution >= 4 is 39.2 Å². The highest BCUT2D eigenvalue weighted by Gasteiger charge is 2.15. The highest BCUT2D eigenvalue weighted by molar-refractivity contribution is 7.18. The lowest BCUT2D eigenvalue weighted by Gasteiger charge is -2.21. The number of amides is 2. The van der Waals surface area contributed by atoms with Gasteiger partial charge in [0.25, 0.3) is 0 Å². The highest BCUT2D eigenvalue weighted by Crippen LogP contribution is 2.22. The number of thiazole rings is 1. The van der Waals surface area contributed by atoms with Crippen molar-refractivity contribution in [3.8, 4) is 0 Å². The molecule has 0 aliphatic rings. The van der Waals surface area contributed by atoms with Crippen LogP contribution >= 0.6 is 22.9 Å². The van der Waals surface area contributed by atoms with Crippen molar-refractivity contribution in [2.45, 2.75) is 19.5 Å². The number of carbonyl (C=O) groups is 1. The van der Waals surface area contributed by atoms with Gasteiger partial charge in [0.15, 0.2) is 0 Å². The van der Waals surface area contributed by atoms with Crippen molar-refractivity contribution in [2.24, 2.45) is 0 Å². The summed E-state index contributed by atoms with van der Waals surface area (Å²) in [6.45, 7) is 2.42. The smallest absolute Gasteiger partial charge is 0.317 e. The summed E-state index contributed by atoms with van der Waals surface area (Å²) >= 11 is 7.61. The van der Waals surface area contributed by atoms with Gasteiger partial charge in [0.2, 0.25) is 0 Å². The summed E-state index contributed by atoms with van der Waals surface area (Å²) in [5.41, 5.74) is 1.95. The molecule has 0 saturated heterocycles. The molecule has 2 amide bonds. The molecule has 0 radical (unpaired) electrons. The largest absolute Gasteiger partial charge is 0.331 e. The first-order valence-corrected chi connectivity index (χ1v) is 8.84. The summed E-state index contributed by atoms with van der Waals surface area (Å²) in [7, 11) is 1.77. The SMILES string of the molecule is CC(NC(=O)N(C)Cc1nc2ccccc2s1)c1cccc(Cl)c1. The average molecular weight is 360 g/mol. The number of hydrogen-bond donors (Lipinski definition) is 1. The summed E-state index contributed by atoms with van der Waals surface area (Å²) in [6, 6.07) is 15.2. The van der Waals surface area contributed by atoms with Crippen LogP contribution in [0.1, 0.15) is 23.5 Å². The van der Waals surface area contributed by atoms with Crippen molar-refractivity contribution in [3.63, 3.8) is 0 Å². The van der Waals surface area contributed by atoms with Crippen LogP contribution in [0.25, 0.3) is 10.2 Å². The zero-order valence-electron chi connectivity index (χ0n) is 13.5. The molecule has 6 heteroatoms. The molecule has 124 valence electrons. The molecule has 1 unspecified atom stereocenters. The molecule has 3 aromatic rings. The van der Waals surface area contributed by atoms with Gasteiger partial charge in [-0.2, -0.15) is 0 Å². The zero-order valence-corrected chi connectivity index (χ0v) is 15.1. The quantitative estimate of drug-likeness (QED) is 0.723. The number of fused-ring (bicyclic) bond motifs is 1. The van der Waals surface area contributed by atoms with E-state index in [2.05, 4.69) is 10.3 Å². The lowest BCUT2D eigenvalue weighted by molar-refractivity contribution is 0.203. The van der Waals surface area contributed by atoms with E-state index in [-0.39, 0.29) is 12.1 Å². The minimum Gasteiger partial charge on any atom is -0.331 e. The fourth-order valence-electron chi connectivity index (χ4n) is 2.42. The number of aromatic nitrogens is 1. The van der Waals surface area contributed by atoms with Crippen molar-refractivity contribution in [1.82, 2.24) is 15.2 Å². The Hall–Kier alpha value is -2.11. The number of benzene rings is 2. The predicted octanol–water partition coefficient (Wildman–Crippen LogP) is 4.85. The van der Waals surface area contributed by atoms with Crippen molar-refractivity contribution in [3.05, 3.63) is 64.1 Å². The Kier molecular flexibility index (Phi) is 5.02. The molecular weight excluding hydrogens is 342 g/mol. The van der Waals surface area contributed by atoms with Crippen LogP contribution in [-0.4, -0.2) is 23.0 Å². The van der Waals surface area contributed by atoms with Crippen molar-refractivity contribution in [2.75, 3.05) is 7.05 Å². The lowest BCUT2D eigenvalue weighted by atomic mass is 10.1. The summed E-state index contributed by atoms with van der Waals surface area (Å²) in [4.78, 5) is 18.6. The molecule has 1 atom stereocenters. The zero-order chi connectivity index (χ0) is 17.1. The van der Waals surface area contributed by atoms with E-state index in [1.54, 1.807) is 23.3 Å². The van der Waals surface area contributed by atoms with Crippen LogP contribution in [-0.2, 0) is 6.54 Å². The molecule has 1 aromatic heterocycles. The van der Waals surface area contributed by atoms with Gasteiger partial charge in [0.05, 0.1) is 22.8 Å². The molecule has 3 rings (SSSR count). The summed E-state index contributed by atoms with van der Waals surface area (Å²) in [6.07, 6.45) is 0. The molecule has 0 aliphatic carbocycles. The second-order valence-electron chi connectivity index (χ2n) is 5.66. The van der Waals surface area contributed by atoms with Gasteiger partial charge in [-0.25, -0.2) is 9.78 Å². The van der Waals surface area contributed by atoms with Gasteiger partial charge in [-0.15, -0.1) is 11.3 Å². The van der Waals surface area contributed by atoms with Crippen molar-refractivity contribution < 1.29 is 4.79 Å². The second kappa shape index (κ2) is 7.20. The molecule has 2 aromatic carbocycles. The lowest BCUT2D eigenvalue weighted by Crippen LogP contribution is -2.38. The number of halogens is 1. The Morgan fingerprint density at radius 1 is 1.29 bits per heavy atom. The maximum absolute atomic E-state index is 12.4. The Labute approximate surface area is 150 Å². The van der Waals surface area contributed by atoms with Crippen LogP contribution in [0.3, 0.4) is 0 Å². The van der Waals surface area contributed by atoms with Gasteiger partial charge in [0, 0.05) is 12.1 Å². The third-order valence-electron chi connectivity index (χ3n) is 3.75. The van der Waals surface area contributed by atoms with Crippen LogP contribution in [0.15, 0.2) is 48.5 Å². The van der Waals surface area contributed by atoms with E-state index in [4.69, 9.17) is 11.6 Å². The van der Waals surface area contributed by atoms with E-state index in [1.165, 1.54) is 0 Å². The van der Waals surface area contributed by atoms with Crippen LogP contribution in [0.4, 0.5) is 4.79 Å². The molecule has 0 bridgehead atoms. The van der Waals surface area contributed by atoms with Gasteiger partial charge in [0.1, 0.15) is 5.01 Å². The van der Waals surface area contributed by atoms with E-state index in [0.717, 1.165) is 20.8 Å². The van der Waals surface area contributed by atoms with E-state index in [9.17, 15) is 4.79 Å². The predicted molar refractivity (Wildman–Crippen MR) is 99.5 cm³/mol. The second-order valence-corrected chi connectivity index (χ2v) is 7.21. The number of nitrogens with one attached hydrogen (secondary N) is 1. The summed E-state index contributed by atoms with van der Waals surface area (Å²) in [5, 5.41) is 4.57. The molecule has 0 saturated carbocycles. The van der Waals surface area contributed by atoms with Crippen LogP contribution < -0.4 is 5.32 Å². The Bertz CT molecular complexity index is 831. The fraction of sp³-hybridized carbons (Fsp3) is 0.222. The Morgan fingerprint density at radius 3 is 2.83 bits per heavy atom. The van der Waals surface area contributed by atoms with E-state index < -0.39 is 0 Å². The van der Waals surface area contributed by atoms with Gasteiger partial charge in [-0.1, -0.05) is 35.9 Å². The number of para-hydroxylation sites is 1. The number of urea groups is 1. The van der Waals surface area contributed by atoms with Gasteiger partial charge >= 0.3 is 6.03 Å². The first-order chi connectivity index (χ1) is 11.5. The minimum atomic E-state index is -0.137. The fourth-order valence-corrected chi connectivity index (χ4v) is 3.64. The number of nitrogens with zero attached hydrogens (tertiary/aromatic N) is 2. The number of hydrogen-bond acceptors (Lipinski definition) is 3. The first-order valence-electron chi connectivity index (χ1n) is 7.64. The van der Waals surface area contributed by atoms with Gasteiger partial charge in [-0.3, -0.25) is 0 Å². The molecule has 0 aliphatic heterocycles. The number of carbonyl (C=O) groups excluding carboxylic acids is 1. The van der Waals surface area contributed by atoms with E-state index >= 15 is 0 Å². The standard InChI is InChI=1S/C18H18ClN3OS/c1-12(13-6-5-7-14(19)10-13)20-18(23)22(2)11-17-21-15-8-3-4-9-16(15)24-17/h3-10,12H,11H2,1-2H3,(H,20,23). The molecule has 24 heavy (non-hydrogen) atoms. The number of rotatable bonds is 4. The highest BCUT2D eigenvalue weighted by atomic mass is 35.5. The average Bonchev–Trinajstić information content (AvgIpc) is 2.96. The van der Waals surface area contributed by atoms with E-state index in [1.807, 2.05) is 55.5 Å². The van der Waals surface area contributed by atoms with Crippen molar-refractivity contribution in [1.29, 1.82) is 0 Å². The van der Waals surface area contributed by atoms with Crippen LogP contribution in [0.5, 0.6) is 0 Å². The third kappa shape index (κ3) is 3.86. The topological polar surface area (TPSA) is 45.2 Å². The molecule has 1 N–H and O–H groups in total. The normalized spacial score (nSPS) is 12.1. The molecular formula is C18H18ClN3OS. The minimum absolute atomic E-state index is 0.117. The Morgan fingerprint density at radius 2 is 2.08 bits per heavy atom. The Balaban J connectivity index is 1.64. The maximum atomic E-state index is 12.4. The van der Waals surface area contributed by atoms with Gasteiger partial charge < -0.3 is 10.2 Å². The molecule has 4 nitrogen and oxygen atoms in total. The molecule has 0 spiro atoms. The van der Waals surface area contributed by atoms with Crippen LogP contribution in [0, 0.1) is 0 Å². The van der Waals surface area contributed by atoms with Gasteiger partial charge in [-0.05, 0) is 36.8 Å². The van der Waals surface area contributed by atoms with E-state index in [0.29, 0.717) is 11.6 Å². The maximum Gasteiger partial charge on any atom is 0.317 e. The summed E-state index contributed by atoms with van der Waals surface area (Å²) in [5.74, 6) is 0. The monoisotopic (exact) mass is 359 g/mol.